The highest BCUT2D eigenvalue weighted by Crippen LogP contribution is 2.28. The van der Waals surface area contributed by atoms with E-state index in [9.17, 15) is 4.79 Å². The quantitative estimate of drug-likeness (QED) is 0.805. The molecule has 5 heteroatoms. The summed E-state index contributed by atoms with van der Waals surface area (Å²) in [6.07, 6.45) is 3.54. The molecule has 0 aromatic heterocycles. The summed E-state index contributed by atoms with van der Waals surface area (Å²) in [5.74, 6) is 1.05. The first-order chi connectivity index (χ1) is 13.7. The predicted octanol–water partition coefficient (Wildman–Crippen LogP) is 1.92. The van der Waals surface area contributed by atoms with Crippen molar-refractivity contribution in [3.05, 3.63) is 53.6 Å². The number of carbonyl (C=O) groups is 1. The standard InChI is InChI=1S/C23H29N3O2/c1-2-28-22-9-4-3-8-21(22)26-14-12-25(13-15-26)17-23(27)24-20-11-10-18-6-5-7-19(18)16-20/h3-4,8-11,16H,2,5-7,12-15,17H2,1H3,(H,24,27)/p+1. The molecule has 1 heterocycles. The zero-order chi connectivity index (χ0) is 19.3. The molecule has 2 aliphatic rings. The monoisotopic (exact) mass is 380 g/mol. The lowest BCUT2D eigenvalue weighted by Gasteiger charge is -2.34. The maximum Gasteiger partial charge on any atom is 0.279 e. The fraction of sp³-hybridized carbons (Fsp3) is 0.435. The number of piperazine rings is 1. The van der Waals surface area contributed by atoms with Crippen molar-refractivity contribution in [2.24, 2.45) is 0 Å². The van der Waals surface area contributed by atoms with Gasteiger partial charge >= 0.3 is 0 Å². The summed E-state index contributed by atoms with van der Waals surface area (Å²) in [7, 11) is 0. The third kappa shape index (κ3) is 4.30. The van der Waals surface area contributed by atoms with Gasteiger partial charge in [-0.2, -0.15) is 0 Å². The van der Waals surface area contributed by atoms with Crippen LogP contribution in [0.15, 0.2) is 42.5 Å². The number of benzene rings is 2. The molecule has 1 amide bonds. The van der Waals surface area contributed by atoms with Gasteiger partial charge in [-0.1, -0.05) is 18.2 Å². The van der Waals surface area contributed by atoms with E-state index in [2.05, 4.69) is 34.5 Å². The van der Waals surface area contributed by atoms with Crippen molar-refractivity contribution in [2.45, 2.75) is 26.2 Å². The van der Waals surface area contributed by atoms with Crippen molar-refractivity contribution >= 4 is 17.3 Å². The summed E-state index contributed by atoms with van der Waals surface area (Å²) >= 11 is 0. The largest absolute Gasteiger partial charge is 0.492 e. The number of nitrogens with zero attached hydrogens (tertiary/aromatic N) is 1. The minimum Gasteiger partial charge on any atom is -0.492 e. The maximum absolute atomic E-state index is 12.5. The van der Waals surface area contributed by atoms with Gasteiger partial charge in [0.1, 0.15) is 5.75 Å². The molecule has 0 atom stereocenters. The Morgan fingerprint density at radius 3 is 2.71 bits per heavy atom. The normalized spacial score (nSPS) is 16.7. The third-order valence-corrected chi connectivity index (χ3v) is 5.77. The first-order valence-electron chi connectivity index (χ1n) is 10.4. The Balaban J connectivity index is 1.29. The van der Waals surface area contributed by atoms with Gasteiger partial charge in [-0.25, -0.2) is 0 Å². The van der Waals surface area contributed by atoms with E-state index in [0.717, 1.165) is 49.7 Å². The molecule has 1 fully saturated rings. The van der Waals surface area contributed by atoms with Crippen LogP contribution in [0.1, 0.15) is 24.5 Å². The van der Waals surface area contributed by atoms with Crippen LogP contribution in [-0.4, -0.2) is 45.2 Å². The van der Waals surface area contributed by atoms with Crippen LogP contribution in [0.2, 0.25) is 0 Å². The summed E-state index contributed by atoms with van der Waals surface area (Å²) in [5.41, 5.74) is 4.93. The lowest BCUT2D eigenvalue weighted by atomic mass is 10.1. The molecule has 4 rings (SSSR count). The minimum absolute atomic E-state index is 0.108. The lowest BCUT2D eigenvalue weighted by molar-refractivity contribution is -0.892. The zero-order valence-electron chi connectivity index (χ0n) is 16.7. The Morgan fingerprint density at radius 1 is 1.11 bits per heavy atom. The number of hydrogen-bond acceptors (Lipinski definition) is 3. The molecule has 1 aliphatic heterocycles. The van der Waals surface area contributed by atoms with Gasteiger partial charge in [0.05, 0.1) is 38.5 Å². The lowest BCUT2D eigenvalue weighted by Crippen LogP contribution is -3.15. The van der Waals surface area contributed by atoms with Gasteiger partial charge in [-0.05, 0) is 61.6 Å². The molecule has 5 nitrogen and oxygen atoms in total. The molecule has 1 saturated heterocycles. The van der Waals surface area contributed by atoms with E-state index in [1.54, 1.807) is 0 Å². The first kappa shape index (κ1) is 18.8. The number of amides is 1. The number of carbonyl (C=O) groups excluding carboxylic acids is 1. The SMILES string of the molecule is CCOc1ccccc1N1CC[NH+](CC(=O)Nc2ccc3c(c2)CCC3)CC1. The Morgan fingerprint density at radius 2 is 1.89 bits per heavy atom. The van der Waals surface area contributed by atoms with Crippen LogP contribution in [0.3, 0.4) is 0 Å². The minimum atomic E-state index is 0.108. The third-order valence-electron chi connectivity index (χ3n) is 5.77. The van der Waals surface area contributed by atoms with Gasteiger partial charge in [-0.15, -0.1) is 0 Å². The highest BCUT2D eigenvalue weighted by atomic mass is 16.5. The van der Waals surface area contributed by atoms with Gasteiger partial charge in [0.2, 0.25) is 0 Å². The molecule has 28 heavy (non-hydrogen) atoms. The number of para-hydroxylation sites is 2. The molecular weight excluding hydrogens is 350 g/mol. The summed E-state index contributed by atoms with van der Waals surface area (Å²) in [5, 5.41) is 3.09. The van der Waals surface area contributed by atoms with Gasteiger partial charge < -0.3 is 19.9 Å². The maximum atomic E-state index is 12.5. The van der Waals surface area contributed by atoms with Crippen molar-refractivity contribution in [1.29, 1.82) is 0 Å². The Bertz CT molecular complexity index is 828. The van der Waals surface area contributed by atoms with E-state index >= 15 is 0 Å². The van der Waals surface area contributed by atoms with Crippen LogP contribution >= 0.6 is 0 Å². The summed E-state index contributed by atoms with van der Waals surface area (Å²) < 4.78 is 5.77. The van der Waals surface area contributed by atoms with Gasteiger partial charge in [0, 0.05) is 5.69 Å². The fourth-order valence-corrected chi connectivity index (χ4v) is 4.32. The molecule has 2 aromatic carbocycles. The highest BCUT2D eigenvalue weighted by Gasteiger charge is 2.24. The molecule has 0 spiro atoms. The van der Waals surface area contributed by atoms with E-state index in [-0.39, 0.29) is 5.91 Å². The van der Waals surface area contributed by atoms with Gasteiger partial charge in [-0.3, -0.25) is 4.79 Å². The molecule has 0 radical (unpaired) electrons. The molecule has 0 bridgehead atoms. The Labute approximate surface area is 167 Å². The number of fused-ring (bicyclic) bond motifs is 1. The number of nitrogens with one attached hydrogen (secondary N) is 2. The molecule has 148 valence electrons. The first-order valence-corrected chi connectivity index (χ1v) is 10.4. The van der Waals surface area contributed by atoms with Crippen molar-refractivity contribution in [3.8, 4) is 5.75 Å². The van der Waals surface area contributed by atoms with E-state index in [1.165, 1.54) is 28.9 Å². The van der Waals surface area contributed by atoms with Crippen molar-refractivity contribution in [1.82, 2.24) is 0 Å². The summed E-state index contributed by atoms with van der Waals surface area (Å²) in [6.45, 7) is 6.99. The molecular formula is C23H30N3O2+. The topological polar surface area (TPSA) is 46.0 Å². The average molecular weight is 381 g/mol. The fourth-order valence-electron chi connectivity index (χ4n) is 4.32. The van der Waals surface area contributed by atoms with E-state index in [4.69, 9.17) is 4.74 Å². The number of rotatable bonds is 6. The van der Waals surface area contributed by atoms with Crippen molar-refractivity contribution in [3.63, 3.8) is 0 Å². The molecule has 2 aromatic rings. The van der Waals surface area contributed by atoms with Crippen molar-refractivity contribution in [2.75, 3.05) is 49.5 Å². The van der Waals surface area contributed by atoms with Gasteiger partial charge in [0.25, 0.3) is 5.91 Å². The predicted molar refractivity (Wildman–Crippen MR) is 112 cm³/mol. The molecule has 0 saturated carbocycles. The molecule has 0 unspecified atom stereocenters. The Hall–Kier alpha value is -2.53. The van der Waals surface area contributed by atoms with Crippen molar-refractivity contribution < 1.29 is 14.4 Å². The summed E-state index contributed by atoms with van der Waals surface area (Å²) in [4.78, 5) is 16.2. The zero-order valence-corrected chi connectivity index (χ0v) is 16.7. The molecule has 1 aliphatic carbocycles. The second-order valence-corrected chi connectivity index (χ2v) is 7.70. The van der Waals surface area contributed by atoms with E-state index in [0.29, 0.717) is 13.2 Å². The Kier molecular flexibility index (Phi) is 5.81. The number of hydrogen-bond donors (Lipinski definition) is 2. The molecule has 2 N–H and O–H groups in total. The van der Waals surface area contributed by atoms with Crippen LogP contribution < -0.4 is 19.9 Å². The van der Waals surface area contributed by atoms with E-state index in [1.807, 2.05) is 25.1 Å². The number of ether oxygens (including phenoxy) is 1. The number of aryl methyl sites for hydroxylation is 2. The van der Waals surface area contributed by atoms with E-state index < -0.39 is 0 Å². The van der Waals surface area contributed by atoms with Crippen LogP contribution in [0.5, 0.6) is 5.75 Å². The average Bonchev–Trinajstić information content (AvgIpc) is 3.17. The number of anilines is 2. The number of quaternary nitrogens is 1. The van der Waals surface area contributed by atoms with Crippen LogP contribution in [0, 0.1) is 0 Å². The second-order valence-electron chi connectivity index (χ2n) is 7.70. The highest BCUT2D eigenvalue weighted by molar-refractivity contribution is 5.91. The summed E-state index contributed by atoms with van der Waals surface area (Å²) in [6, 6.07) is 14.6. The van der Waals surface area contributed by atoms with Crippen LogP contribution in [0.4, 0.5) is 11.4 Å². The smallest absolute Gasteiger partial charge is 0.279 e. The van der Waals surface area contributed by atoms with Gasteiger partial charge in [0.15, 0.2) is 6.54 Å². The second kappa shape index (κ2) is 8.65. The van der Waals surface area contributed by atoms with Crippen LogP contribution in [-0.2, 0) is 17.6 Å². The van der Waals surface area contributed by atoms with Crippen LogP contribution in [0.25, 0.3) is 0 Å².